The molecule has 0 amide bonds. The van der Waals surface area contributed by atoms with Gasteiger partial charge in [-0.2, -0.15) is 0 Å². The van der Waals surface area contributed by atoms with E-state index in [1.807, 2.05) is 47.8 Å². The van der Waals surface area contributed by atoms with Crippen molar-refractivity contribution in [2.75, 3.05) is 0 Å². The van der Waals surface area contributed by atoms with E-state index in [9.17, 15) is 4.79 Å². The second kappa shape index (κ2) is 6.41. The molecular weight excluding hydrogens is 298 g/mol. The number of nitrogens with zero attached hydrogens (tertiary/aromatic N) is 1. The minimum atomic E-state index is -1.05. The molecule has 110 valence electrons. The Balaban J connectivity index is 1.99. The summed E-state index contributed by atoms with van der Waals surface area (Å²) in [6.07, 6.45) is -0.429. The summed E-state index contributed by atoms with van der Waals surface area (Å²) in [6.45, 7) is 0. The van der Waals surface area contributed by atoms with Gasteiger partial charge in [-0.3, -0.25) is 0 Å². The number of hydrogen-bond acceptors (Lipinski definition) is 4. The Morgan fingerprint density at radius 3 is 2.55 bits per heavy atom. The molecule has 0 saturated heterocycles. The molecule has 22 heavy (non-hydrogen) atoms. The maximum atomic E-state index is 11.1. The van der Waals surface area contributed by atoms with E-state index in [1.54, 1.807) is 23.5 Å². The fourth-order valence-corrected chi connectivity index (χ4v) is 2.82. The highest BCUT2D eigenvalue weighted by Crippen LogP contribution is 2.30. The van der Waals surface area contributed by atoms with Crippen LogP contribution in [0.15, 0.2) is 66.0 Å². The number of carboxylic acid groups (broad SMARTS) is 1. The van der Waals surface area contributed by atoms with E-state index in [1.165, 1.54) is 6.07 Å². The number of para-hydroxylation sites is 1. The lowest BCUT2D eigenvalue weighted by molar-refractivity contribution is 0.0689. The maximum absolute atomic E-state index is 11.1. The highest BCUT2D eigenvalue weighted by atomic mass is 32.1. The molecular formula is C17H13NO3S. The Labute approximate surface area is 131 Å². The van der Waals surface area contributed by atoms with E-state index in [-0.39, 0.29) is 5.69 Å². The molecule has 0 fully saturated rings. The third kappa shape index (κ3) is 3.15. The third-order valence-corrected chi connectivity index (χ3v) is 3.97. The van der Waals surface area contributed by atoms with Crippen molar-refractivity contribution >= 4 is 17.3 Å². The molecule has 1 aromatic carbocycles. The summed E-state index contributed by atoms with van der Waals surface area (Å²) in [5.41, 5.74) is 0.585. The summed E-state index contributed by atoms with van der Waals surface area (Å²) < 4.78 is 6.03. The lowest BCUT2D eigenvalue weighted by Crippen LogP contribution is -2.12. The van der Waals surface area contributed by atoms with Crippen LogP contribution in [0, 0.1) is 0 Å². The molecule has 2 aromatic heterocycles. The van der Waals surface area contributed by atoms with Gasteiger partial charge in [0.25, 0.3) is 0 Å². The monoisotopic (exact) mass is 311 g/mol. The Hall–Kier alpha value is -2.66. The van der Waals surface area contributed by atoms with Gasteiger partial charge in [-0.25, -0.2) is 9.78 Å². The SMILES string of the molecule is O=C(O)c1cccc(C(Oc2ccccc2)c2cccs2)n1. The first-order chi connectivity index (χ1) is 10.7. The van der Waals surface area contributed by atoms with Gasteiger partial charge in [-0.05, 0) is 35.7 Å². The minimum absolute atomic E-state index is 0.00992. The molecule has 2 heterocycles. The summed E-state index contributed by atoms with van der Waals surface area (Å²) in [7, 11) is 0. The predicted molar refractivity (Wildman–Crippen MR) is 84.4 cm³/mol. The van der Waals surface area contributed by atoms with Gasteiger partial charge in [-0.15, -0.1) is 11.3 Å². The molecule has 5 heteroatoms. The van der Waals surface area contributed by atoms with E-state index in [0.717, 1.165) is 4.88 Å². The van der Waals surface area contributed by atoms with Crippen LogP contribution in [0.3, 0.4) is 0 Å². The van der Waals surface area contributed by atoms with Crippen LogP contribution in [0.2, 0.25) is 0 Å². The Morgan fingerprint density at radius 2 is 1.86 bits per heavy atom. The van der Waals surface area contributed by atoms with Crippen LogP contribution in [0.25, 0.3) is 0 Å². The number of rotatable bonds is 5. The zero-order valence-electron chi connectivity index (χ0n) is 11.5. The van der Waals surface area contributed by atoms with Crippen molar-refractivity contribution in [3.8, 4) is 5.75 Å². The van der Waals surface area contributed by atoms with E-state index in [4.69, 9.17) is 9.84 Å². The molecule has 0 saturated carbocycles. The van der Waals surface area contributed by atoms with Gasteiger partial charge in [0.1, 0.15) is 11.4 Å². The first kappa shape index (κ1) is 14.3. The largest absolute Gasteiger partial charge is 0.479 e. The lowest BCUT2D eigenvalue weighted by Gasteiger charge is -2.18. The van der Waals surface area contributed by atoms with Crippen molar-refractivity contribution in [2.24, 2.45) is 0 Å². The summed E-state index contributed by atoms with van der Waals surface area (Å²) in [5, 5.41) is 11.1. The number of pyridine rings is 1. The highest BCUT2D eigenvalue weighted by Gasteiger charge is 2.20. The molecule has 3 rings (SSSR count). The van der Waals surface area contributed by atoms with Gasteiger partial charge in [0.15, 0.2) is 6.10 Å². The fourth-order valence-electron chi connectivity index (χ4n) is 2.06. The zero-order chi connectivity index (χ0) is 15.4. The van der Waals surface area contributed by atoms with Crippen LogP contribution in [0.1, 0.15) is 27.2 Å². The van der Waals surface area contributed by atoms with Crippen molar-refractivity contribution in [3.05, 3.63) is 82.3 Å². The first-order valence-corrected chi connectivity index (χ1v) is 7.57. The van der Waals surface area contributed by atoms with Gasteiger partial charge in [-0.1, -0.05) is 30.3 Å². The fraction of sp³-hybridized carbons (Fsp3) is 0.0588. The summed E-state index contributed by atoms with van der Waals surface area (Å²) in [6, 6.07) is 18.2. The average molecular weight is 311 g/mol. The molecule has 0 aliphatic carbocycles. The van der Waals surface area contributed by atoms with E-state index < -0.39 is 12.1 Å². The maximum Gasteiger partial charge on any atom is 0.354 e. The minimum Gasteiger partial charge on any atom is -0.479 e. The van der Waals surface area contributed by atoms with E-state index >= 15 is 0 Å². The van der Waals surface area contributed by atoms with Crippen LogP contribution < -0.4 is 4.74 Å². The molecule has 0 radical (unpaired) electrons. The van der Waals surface area contributed by atoms with E-state index in [0.29, 0.717) is 11.4 Å². The highest BCUT2D eigenvalue weighted by molar-refractivity contribution is 7.10. The molecule has 0 aliphatic heterocycles. The number of ether oxygens (including phenoxy) is 1. The Kier molecular flexibility index (Phi) is 4.16. The summed E-state index contributed by atoms with van der Waals surface area (Å²) in [5.74, 6) is -0.338. The van der Waals surface area contributed by atoms with Crippen molar-refractivity contribution < 1.29 is 14.6 Å². The Morgan fingerprint density at radius 1 is 1.05 bits per heavy atom. The van der Waals surface area contributed by atoms with Crippen LogP contribution in [-0.4, -0.2) is 16.1 Å². The lowest BCUT2D eigenvalue weighted by atomic mass is 10.1. The molecule has 4 nitrogen and oxygen atoms in total. The Bertz CT molecular complexity index is 757. The first-order valence-electron chi connectivity index (χ1n) is 6.69. The number of benzene rings is 1. The van der Waals surface area contributed by atoms with Crippen LogP contribution in [-0.2, 0) is 0 Å². The van der Waals surface area contributed by atoms with Gasteiger partial charge in [0, 0.05) is 0 Å². The predicted octanol–water partition coefficient (Wildman–Crippen LogP) is 4.01. The van der Waals surface area contributed by atoms with E-state index in [2.05, 4.69) is 4.98 Å². The van der Waals surface area contributed by atoms with Crippen molar-refractivity contribution in [3.63, 3.8) is 0 Å². The standard InChI is InChI=1S/C17H13NO3S/c19-17(20)14-9-4-8-13(18-14)16(15-10-5-11-22-15)21-12-6-2-1-3-7-12/h1-11,16H,(H,19,20). The molecule has 1 unspecified atom stereocenters. The van der Waals surface area contributed by atoms with Crippen LogP contribution in [0.5, 0.6) is 5.75 Å². The average Bonchev–Trinajstić information content (AvgIpc) is 3.08. The molecule has 0 spiro atoms. The van der Waals surface area contributed by atoms with Crippen LogP contribution >= 0.6 is 11.3 Å². The van der Waals surface area contributed by atoms with Crippen molar-refractivity contribution in [1.29, 1.82) is 0 Å². The number of hydrogen-bond donors (Lipinski definition) is 1. The molecule has 0 aliphatic rings. The van der Waals surface area contributed by atoms with Crippen molar-refractivity contribution in [2.45, 2.75) is 6.10 Å². The molecule has 1 atom stereocenters. The second-order valence-corrected chi connectivity index (χ2v) is 5.56. The normalized spacial score (nSPS) is 11.8. The second-order valence-electron chi connectivity index (χ2n) is 4.58. The van der Waals surface area contributed by atoms with Gasteiger partial charge < -0.3 is 9.84 Å². The third-order valence-electron chi connectivity index (χ3n) is 3.06. The smallest absolute Gasteiger partial charge is 0.354 e. The number of aromatic nitrogens is 1. The van der Waals surface area contributed by atoms with Crippen LogP contribution in [0.4, 0.5) is 0 Å². The molecule has 3 aromatic rings. The number of aromatic carboxylic acids is 1. The van der Waals surface area contributed by atoms with Gasteiger partial charge >= 0.3 is 5.97 Å². The topological polar surface area (TPSA) is 59.4 Å². The summed E-state index contributed by atoms with van der Waals surface area (Å²) >= 11 is 1.55. The number of thiophene rings is 1. The summed E-state index contributed by atoms with van der Waals surface area (Å²) in [4.78, 5) is 16.3. The number of carboxylic acids is 1. The van der Waals surface area contributed by atoms with Gasteiger partial charge in [0.05, 0.1) is 10.6 Å². The van der Waals surface area contributed by atoms with Gasteiger partial charge in [0.2, 0.25) is 0 Å². The van der Waals surface area contributed by atoms with Crippen molar-refractivity contribution in [1.82, 2.24) is 4.98 Å². The molecule has 1 N–H and O–H groups in total. The molecule has 0 bridgehead atoms. The quantitative estimate of drug-likeness (QED) is 0.773. The number of carbonyl (C=O) groups is 1. The zero-order valence-corrected chi connectivity index (χ0v) is 12.4.